The van der Waals surface area contributed by atoms with Gasteiger partial charge in [0.2, 0.25) is 0 Å². The smallest absolute Gasteiger partial charge is 0.119 e. The molecule has 0 aromatic heterocycles. The normalized spacial score (nSPS) is 16.9. The van der Waals surface area contributed by atoms with Crippen molar-refractivity contribution in [3.63, 3.8) is 0 Å². The molecule has 1 N–H and O–H groups in total. The molecular formula is C17H28N2O2. The van der Waals surface area contributed by atoms with E-state index in [2.05, 4.69) is 17.1 Å². The SMILES string of the molecule is CCCNC1CCN(CCOc2ccc(OC)cc2)CC1. The van der Waals surface area contributed by atoms with Crippen LogP contribution in [0.1, 0.15) is 26.2 Å². The van der Waals surface area contributed by atoms with Gasteiger partial charge in [0.05, 0.1) is 7.11 Å². The molecule has 1 aliphatic rings. The third kappa shape index (κ3) is 5.56. The van der Waals surface area contributed by atoms with Crippen molar-refractivity contribution in [1.29, 1.82) is 0 Å². The van der Waals surface area contributed by atoms with Crippen molar-refractivity contribution >= 4 is 0 Å². The van der Waals surface area contributed by atoms with E-state index in [0.717, 1.165) is 31.2 Å². The van der Waals surface area contributed by atoms with Gasteiger partial charge in [-0.25, -0.2) is 0 Å². The number of nitrogens with zero attached hydrogens (tertiary/aromatic N) is 1. The Hall–Kier alpha value is -1.26. The Morgan fingerprint density at radius 1 is 1.14 bits per heavy atom. The van der Waals surface area contributed by atoms with Gasteiger partial charge >= 0.3 is 0 Å². The Morgan fingerprint density at radius 3 is 2.43 bits per heavy atom. The van der Waals surface area contributed by atoms with Crippen LogP contribution in [0, 0.1) is 0 Å². The highest BCUT2D eigenvalue weighted by molar-refractivity contribution is 5.31. The maximum absolute atomic E-state index is 5.79. The summed E-state index contributed by atoms with van der Waals surface area (Å²) in [4.78, 5) is 2.49. The van der Waals surface area contributed by atoms with Crippen molar-refractivity contribution in [2.24, 2.45) is 0 Å². The zero-order valence-corrected chi connectivity index (χ0v) is 13.3. The first-order chi connectivity index (χ1) is 10.3. The van der Waals surface area contributed by atoms with Gasteiger partial charge in [0, 0.05) is 12.6 Å². The second kappa shape index (κ2) is 8.90. The van der Waals surface area contributed by atoms with Crippen molar-refractivity contribution in [2.75, 3.05) is 39.9 Å². The van der Waals surface area contributed by atoms with E-state index in [1.165, 1.54) is 32.4 Å². The molecule has 21 heavy (non-hydrogen) atoms. The molecule has 0 atom stereocenters. The zero-order valence-electron chi connectivity index (χ0n) is 13.3. The Labute approximate surface area is 128 Å². The fourth-order valence-corrected chi connectivity index (χ4v) is 2.67. The van der Waals surface area contributed by atoms with Gasteiger partial charge < -0.3 is 14.8 Å². The number of hydrogen-bond donors (Lipinski definition) is 1. The Morgan fingerprint density at radius 2 is 1.81 bits per heavy atom. The summed E-state index contributed by atoms with van der Waals surface area (Å²) in [5.41, 5.74) is 0. The molecule has 0 saturated carbocycles. The minimum absolute atomic E-state index is 0.712. The molecule has 1 saturated heterocycles. The van der Waals surface area contributed by atoms with Gasteiger partial charge in [0.1, 0.15) is 18.1 Å². The Kier molecular flexibility index (Phi) is 6.83. The second-order valence-electron chi connectivity index (χ2n) is 5.59. The van der Waals surface area contributed by atoms with Gasteiger partial charge in [-0.2, -0.15) is 0 Å². The van der Waals surface area contributed by atoms with E-state index < -0.39 is 0 Å². The van der Waals surface area contributed by atoms with Gasteiger partial charge in [-0.1, -0.05) is 6.92 Å². The zero-order chi connectivity index (χ0) is 14.9. The number of nitrogens with one attached hydrogen (secondary N) is 1. The van der Waals surface area contributed by atoms with E-state index in [0.29, 0.717) is 6.04 Å². The molecule has 2 rings (SSSR count). The lowest BCUT2D eigenvalue weighted by Crippen LogP contribution is -2.43. The summed E-state index contributed by atoms with van der Waals surface area (Å²) in [7, 11) is 1.68. The average molecular weight is 292 g/mol. The summed E-state index contributed by atoms with van der Waals surface area (Å²) in [5, 5.41) is 3.61. The van der Waals surface area contributed by atoms with Crippen molar-refractivity contribution < 1.29 is 9.47 Å². The number of piperidine rings is 1. The maximum Gasteiger partial charge on any atom is 0.119 e. The first-order valence-electron chi connectivity index (χ1n) is 8.04. The van der Waals surface area contributed by atoms with Gasteiger partial charge in [0.25, 0.3) is 0 Å². The topological polar surface area (TPSA) is 33.7 Å². The van der Waals surface area contributed by atoms with Crippen molar-refractivity contribution in [3.8, 4) is 11.5 Å². The third-order valence-corrected chi connectivity index (χ3v) is 4.01. The molecule has 4 heteroatoms. The van der Waals surface area contributed by atoms with Gasteiger partial charge in [-0.05, 0) is 63.2 Å². The van der Waals surface area contributed by atoms with Gasteiger partial charge in [0.15, 0.2) is 0 Å². The number of ether oxygens (including phenoxy) is 2. The van der Waals surface area contributed by atoms with Crippen LogP contribution in [0.25, 0.3) is 0 Å². The van der Waals surface area contributed by atoms with Gasteiger partial charge in [-0.15, -0.1) is 0 Å². The van der Waals surface area contributed by atoms with Crippen LogP contribution in [0.5, 0.6) is 11.5 Å². The molecular weight excluding hydrogens is 264 g/mol. The van der Waals surface area contributed by atoms with Gasteiger partial charge in [-0.3, -0.25) is 4.90 Å². The van der Waals surface area contributed by atoms with Crippen LogP contribution < -0.4 is 14.8 Å². The lowest BCUT2D eigenvalue weighted by molar-refractivity contribution is 0.165. The molecule has 118 valence electrons. The summed E-state index contributed by atoms with van der Waals surface area (Å²) in [6.07, 6.45) is 3.72. The van der Waals surface area contributed by atoms with Crippen molar-refractivity contribution in [3.05, 3.63) is 24.3 Å². The standard InChI is InChI=1S/C17H28N2O2/c1-3-10-18-15-8-11-19(12-9-15)13-14-21-17-6-4-16(20-2)5-7-17/h4-7,15,18H,3,8-14H2,1-2H3. The quantitative estimate of drug-likeness (QED) is 0.798. The molecule has 0 spiro atoms. The number of rotatable bonds is 8. The van der Waals surface area contributed by atoms with Crippen molar-refractivity contribution in [2.45, 2.75) is 32.2 Å². The first-order valence-corrected chi connectivity index (χ1v) is 8.04. The van der Waals surface area contributed by atoms with E-state index in [9.17, 15) is 0 Å². The van der Waals surface area contributed by atoms with E-state index in [1.807, 2.05) is 24.3 Å². The molecule has 1 aliphatic heterocycles. The van der Waals surface area contributed by atoms with Crippen LogP contribution in [0.2, 0.25) is 0 Å². The maximum atomic E-state index is 5.79. The highest BCUT2D eigenvalue weighted by Crippen LogP contribution is 2.17. The first kappa shape index (κ1) is 16.1. The number of likely N-dealkylation sites (tertiary alicyclic amines) is 1. The van der Waals surface area contributed by atoms with Crippen LogP contribution in [-0.2, 0) is 0 Å². The van der Waals surface area contributed by atoms with Crippen LogP contribution in [-0.4, -0.2) is 50.8 Å². The monoisotopic (exact) mass is 292 g/mol. The number of methoxy groups -OCH3 is 1. The number of benzene rings is 1. The van der Waals surface area contributed by atoms with Crippen LogP contribution in [0.3, 0.4) is 0 Å². The van der Waals surface area contributed by atoms with Crippen LogP contribution >= 0.6 is 0 Å². The average Bonchev–Trinajstić information content (AvgIpc) is 2.55. The predicted molar refractivity (Wildman–Crippen MR) is 86.2 cm³/mol. The lowest BCUT2D eigenvalue weighted by Gasteiger charge is -2.32. The molecule has 0 aliphatic carbocycles. The summed E-state index contributed by atoms with van der Waals surface area (Å²) in [5.74, 6) is 1.78. The minimum Gasteiger partial charge on any atom is -0.497 e. The summed E-state index contributed by atoms with van der Waals surface area (Å²) in [6.45, 7) is 7.47. The molecule has 1 aromatic rings. The fourth-order valence-electron chi connectivity index (χ4n) is 2.67. The Bertz CT molecular complexity index is 386. The fraction of sp³-hybridized carbons (Fsp3) is 0.647. The Balaban J connectivity index is 1.61. The third-order valence-electron chi connectivity index (χ3n) is 4.01. The van der Waals surface area contributed by atoms with Crippen LogP contribution in [0.4, 0.5) is 0 Å². The van der Waals surface area contributed by atoms with E-state index >= 15 is 0 Å². The predicted octanol–water partition coefficient (Wildman–Crippen LogP) is 2.54. The molecule has 1 fully saturated rings. The van der Waals surface area contributed by atoms with E-state index in [1.54, 1.807) is 7.11 Å². The number of hydrogen-bond acceptors (Lipinski definition) is 4. The lowest BCUT2D eigenvalue weighted by atomic mass is 10.1. The molecule has 0 bridgehead atoms. The second-order valence-corrected chi connectivity index (χ2v) is 5.59. The molecule has 1 heterocycles. The summed E-state index contributed by atoms with van der Waals surface area (Å²) < 4.78 is 10.9. The van der Waals surface area contributed by atoms with Crippen molar-refractivity contribution in [1.82, 2.24) is 10.2 Å². The summed E-state index contributed by atoms with van der Waals surface area (Å²) in [6, 6.07) is 8.49. The highest BCUT2D eigenvalue weighted by atomic mass is 16.5. The van der Waals surface area contributed by atoms with E-state index in [4.69, 9.17) is 9.47 Å². The van der Waals surface area contributed by atoms with Crippen LogP contribution in [0.15, 0.2) is 24.3 Å². The molecule has 0 radical (unpaired) electrons. The molecule has 1 aromatic carbocycles. The molecule has 0 amide bonds. The molecule has 4 nitrogen and oxygen atoms in total. The van der Waals surface area contributed by atoms with E-state index in [-0.39, 0.29) is 0 Å². The molecule has 0 unspecified atom stereocenters. The highest BCUT2D eigenvalue weighted by Gasteiger charge is 2.17. The summed E-state index contributed by atoms with van der Waals surface area (Å²) >= 11 is 0. The largest absolute Gasteiger partial charge is 0.497 e. The minimum atomic E-state index is 0.712.